The lowest BCUT2D eigenvalue weighted by atomic mass is 9.98. The Morgan fingerprint density at radius 1 is 1.00 bits per heavy atom. The molecule has 0 bridgehead atoms. The second-order valence-electron chi connectivity index (χ2n) is 2.95. The highest BCUT2D eigenvalue weighted by Crippen LogP contribution is 2.41. The maximum Gasteiger partial charge on any atom is 0.332 e. The molecule has 0 aromatic heterocycles. The van der Waals surface area contributed by atoms with Crippen LogP contribution in [-0.4, -0.2) is 20.3 Å². The molecule has 4 heteroatoms. The fraction of sp³-hybridized carbons (Fsp3) is 1.00. The van der Waals surface area contributed by atoms with Gasteiger partial charge in [-0.15, -0.1) is 0 Å². The zero-order valence-electron chi connectivity index (χ0n) is 7.78. The van der Waals surface area contributed by atoms with Crippen LogP contribution in [0, 0.1) is 0 Å². The summed E-state index contributed by atoms with van der Waals surface area (Å²) in [6.45, 7) is 0. The van der Waals surface area contributed by atoms with Gasteiger partial charge in [0.2, 0.25) is 0 Å². The summed E-state index contributed by atoms with van der Waals surface area (Å²) in [5.41, 5.74) is 0. The molecule has 0 unspecified atom stereocenters. The molecule has 0 aromatic carbocycles. The Labute approximate surface area is 75.4 Å². The van der Waals surface area contributed by atoms with Crippen molar-refractivity contribution in [2.75, 3.05) is 14.2 Å². The van der Waals surface area contributed by atoms with Gasteiger partial charge in [0.1, 0.15) is 0 Å². The van der Waals surface area contributed by atoms with Gasteiger partial charge in [-0.2, -0.15) is 0 Å². The van der Waals surface area contributed by atoms with Gasteiger partial charge in [-0.05, 0) is 12.8 Å². The molecule has 0 spiro atoms. The van der Waals surface area contributed by atoms with E-state index in [9.17, 15) is 0 Å². The molecule has 0 aliphatic heterocycles. The summed E-state index contributed by atoms with van der Waals surface area (Å²) in [5, 5.41) is 0. The third kappa shape index (κ3) is 3.36. The van der Waals surface area contributed by atoms with Crippen molar-refractivity contribution in [1.82, 2.24) is 0 Å². The molecule has 3 nitrogen and oxygen atoms in total. The van der Waals surface area contributed by atoms with Crippen molar-refractivity contribution in [3.63, 3.8) is 0 Å². The summed E-state index contributed by atoms with van der Waals surface area (Å²) in [6.07, 6.45) is 6.59. The van der Waals surface area contributed by atoms with Crippen LogP contribution in [0.25, 0.3) is 0 Å². The standard InChI is InChI=1S/C8H17O3P/c1-9-12(10-2)11-8-6-4-3-5-7-8/h8H,3-7H2,1-2H3. The lowest BCUT2D eigenvalue weighted by Crippen LogP contribution is -2.14. The number of hydrogen-bond donors (Lipinski definition) is 0. The van der Waals surface area contributed by atoms with Crippen molar-refractivity contribution >= 4 is 8.60 Å². The highest BCUT2D eigenvalue weighted by atomic mass is 31.2. The van der Waals surface area contributed by atoms with E-state index >= 15 is 0 Å². The van der Waals surface area contributed by atoms with Crippen LogP contribution in [0.5, 0.6) is 0 Å². The van der Waals surface area contributed by atoms with Gasteiger partial charge in [-0.25, -0.2) is 0 Å². The third-order valence-electron chi connectivity index (χ3n) is 2.09. The van der Waals surface area contributed by atoms with Crippen molar-refractivity contribution in [3.8, 4) is 0 Å². The van der Waals surface area contributed by atoms with Crippen LogP contribution in [-0.2, 0) is 13.6 Å². The van der Waals surface area contributed by atoms with E-state index in [4.69, 9.17) is 13.6 Å². The summed E-state index contributed by atoms with van der Waals surface area (Å²) in [6, 6.07) is 0. The molecule has 1 aliphatic carbocycles. The highest BCUT2D eigenvalue weighted by molar-refractivity contribution is 7.41. The topological polar surface area (TPSA) is 27.7 Å². The van der Waals surface area contributed by atoms with Gasteiger partial charge < -0.3 is 13.6 Å². The van der Waals surface area contributed by atoms with Crippen LogP contribution in [0.3, 0.4) is 0 Å². The van der Waals surface area contributed by atoms with E-state index < -0.39 is 8.60 Å². The minimum absolute atomic E-state index is 0.366. The molecule has 0 aromatic rings. The van der Waals surface area contributed by atoms with E-state index in [0.717, 1.165) is 12.8 Å². The van der Waals surface area contributed by atoms with E-state index in [2.05, 4.69) is 0 Å². The van der Waals surface area contributed by atoms with Crippen LogP contribution in [0.1, 0.15) is 32.1 Å². The first-order valence-corrected chi connectivity index (χ1v) is 5.51. The van der Waals surface area contributed by atoms with Gasteiger partial charge in [-0.1, -0.05) is 19.3 Å². The lowest BCUT2D eigenvalue weighted by Gasteiger charge is -2.24. The maximum absolute atomic E-state index is 5.61. The summed E-state index contributed by atoms with van der Waals surface area (Å²) in [7, 11) is 2.17. The molecule has 0 atom stereocenters. The molecule has 0 amide bonds. The lowest BCUT2D eigenvalue weighted by molar-refractivity contribution is 0.115. The molecule has 0 heterocycles. The Morgan fingerprint density at radius 3 is 2.08 bits per heavy atom. The minimum Gasteiger partial charge on any atom is -0.316 e. The van der Waals surface area contributed by atoms with E-state index in [1.54, 1.807) is 14.2 Å². The second-order valence-corrected chi connectivity index (χ2v) is 4.34. The Hall–Kier alpha value is 0.310. The Kier molecular flexibility index (Phi) is 5.08. The number of rotatable bonds is 4. The average Bonchev–Trinajstić information content (AvgIpc) is 2.16. The molecule has 1 rings (SSSR count). The molecule has 72 valence electrons. The normalized spacial score (nSPS) is 20.2. The molecule has 12 heavy (non-hydrogen) atoms. The quantitative estimate of drug-likeness (QED) is 0.641. The second kappa shape index (κ2) is 5.87. The van der Waals surface area contributed by atoms with Crippen LogP contribution < -0.4 is 0 Å². The number of hydrogen-bond acceptors (Lipinski definition) is 3. The maximum atomic E-state index is 5.61. The first kappa shape index (κ1) is 10.4. The van der Waals surface area contributed by atoms with Crippen LogP contribution in [0.4, 0.5) is 0 Å². The van der Waals surface area contributed by atoms with Crippen molar-refractivity contribution in [3.05, 3.63) is 0 Å². The van der Waals surface area contributed by atoms with Crippen molar-refractivity contribution < 1.29 is 13.6 Å². The van der Waals surface area contributed by atoms with Crippen molar-refractivity contribution in [2.45, 2.75) is 38.2 Å². The van der Waals surface area contributed by atoms with E-state index in [1.165, 1.54) is 19.3 Å². The fourth-order valence-corrected chi connectivity index (χ4v) is 2.23. The monoisotopic (exact) mass is 192 g/mol. The van der Waals surface area contributed by atoms with Crippen molar-refractivity contribution in [1.29, 1.82) is 0 Å². The molecule has 1 aliphatic rings. The highest BCUT2D eigenvalue weighted by Gasteiger charge is 2.19. The molecular formula is C8H17O3P. The van der Waals surface area contributed by atoms with E-state index in [1.807, 2.05) is 0 Å². The zero-order valence-corrected chi connectivity index (χ0v) is 8.68. The van der Waals surface area contributed by atoms with Gasteiger partial charge in [0, 0.05) is 14.2 Å². The fourth-order valence-electron chi connectivity index (χ4n) is 1.45. The molecular weight excluding hydrogens is 175 g/mol. The third-order valence-corrected chi connectivity index (χ3v) is 3.15. The zero-order chi connectivity index (χ0) is 8.81. The SMILES string of the molecule is COP(OC)OC1CCCCC1. The first-order valence-electron chi connectivity index (χ1n) is 4.42. The predicted molar refractivity (Wildman–Crippen MR) is 48.9 cm³/mol. The van der Waals surface area contributed by atoms with Crippen LogP contribution in [0.15, 0.2) is 0 Å². The minimum atomic E-state index is -1.08. The average molecular weight is 192 g/mol. The predicted octanol–water partition coefficient (Wildman–Crippen LogP) is 2.86. The van der Waals surface area contributed by atoms with Gasteiger partial charge >= 0.3 is 8.60 Å². The van der Waals surface area contributed by atoms with E-state index in [0.29, 0.717) is 6.10 Å². The summed E-state index contributed by atoms with van der Waals surface area (Å²) < 4.78 is 15.7. The summed E-state index contributed by atoms with van der Waals surface area (Å²) >= 11 is 0. The molecule has 0 N–H and O–H groups in total. The molecule has 1 fully saturated rings. The Morgan fingerprint density at radius 2 is 1.58 bits per heavy atom. The van der Waals surface area contributed by atoms with Gasteiger partial charge in [0.25, 0.3) is 0 Å². The Balaban J connectivity index is 2.18. The molecule has 0 saturated heterocycles. The van der Waals surface area contributed by atoms with Gasteiger partial charge in [0.05, 0.1) is 6.10 Å². The first-order chi connectivity index (χ1) is 5.86. The van der Waals surface area contributed by atoms with E-state index in [-0.39, 0.29) is 0 Å². The largest absolute Gasteiger partial charge is 0.332 e. The van der Waals surface area contributed by atoms with Gasteiger partial charge in [0.15, 0.2) is 0 Å². The van der Waals surface area contributed by atoms with Crippen LogP contribution >= 0.6 is 8.60 Å². The summed E-state index contributed by atoms with van der Waals surface area (Å²) in [4.78, 5) is 0. The van der Waals surface area contributed by atoms with Gasteiger partial charge in [-0.3, -0.25) is 0 Å². The smallest absolute Gasteiger partial charge is 0.316 e. The molecule has 1 saturated carbocycles. The van der Waals surface area contributed by atoms with Crippen molar-refractivity contribution in [2.24, 2.45) is 0 Å². The van der Waals surface area contributed by atoms with Crippen LogP contribution in [0.2, 0.25) is 0 Å². The Bertz CT molecular complexity index is 111. The molecule has 0 radical (unpaired) electrons. The summed E-state index contributed by atoms with van der Waals surface area (Å²) in [5.74, 6) is 0.